The van der Waals surface area contributed by atoms with Crippen molar-refractivity contribution in [3.63, 3.8) is 0 Å². The molecular formula is C12H16FNO3. The number of rotatable bonds is 2. The van der Waals surface area contributed by atoms with Gasteiger partial charge in [-0.25, -0.2) is 4.39 Å². The van der Waals surface area contributed by atoms with Crippen LogP contribution in [0, 0.1) is 5.82 Å². The van der Waals surface area contributed by atoms with Gasteiger partial charge in [0.1, 0.15) is 5.82 Å². The van der Waals surface area contributed by atoms with Crippen molar-refractivity contribution in [1.82, 2.24) is 0 Å². The number of hydrogen-bond acceptors (Lipinski definition) is 4. The minimum absolute atomic E-state index is 0.284. The molecule has 5 heteroatoms. The summed E-state index contributed by atoms with van der Waals surface area (Å²) >= 11 is 0. The highest BCUT2D eigenvalue weighted by Crippen LogP contribution is 2.29. The molecule has 0 aliphatic carbocycles. The summed E-state index contributed by atoms with van der Waals surface area (Å²) in [6.07, 6.45) is -2.40. The Hall–Kier alpha value is -1.17. The molecule has 1 fully saturated rings. The van der Waals surface area contributed by atoms with Crippen LogP contribution in [0.25, 0.3) is 0 Å². The molecule has 1 aliphatic heterocycles. The van der Waals surface area contributed by atoms with E-state index in [9.17, 15) is 19.7 Å². The van der Waals surface area contributed by atoms with Crippen molar-refractivity contribution < 1.29 is 19.7 Å². The molecule has 3 unspecified atom stereocenters. The van der Waals surface area contributed by atoms with Gasteiger partial charge in [-0.3, -0.25) is 0 Å². The van der Waals surface area contributed by atoms with Crippen LogP contribution in [0.1, 0.15) is 18.6 Å². The van der Waals surface area contributed by atoms with E-state index in [1.807, 2.05) is 0 Å². The summed E-state index contributed by atoms with van der Waals surface area (Å²) in [5, 5.41) is 28.6. The number of β-amino-alcohol motifs (C(OH)–C–C–N with tert-alkyl or cyclic N) is 2. The van der Waals surface area contributed by atoms with Crippen LogP contribution in [0.3, 0.4) is 0 Å². The molecule has 0 aromatic heterocycles. The van der Waals surface area contributed by atoms with Gasteiger partial charge in [0, 0.05) is 24.3 Å². The van der Waals surface area contributed by atoms with E-state index in [2.05, 4.69) is 0 Å². The van der Waals surface area contributed by atoms with Crippen LogP contribution in [0.2, 0.25) is 0 Å². The molecule has 4 nitrogen and oxygen atoms in total. The monoisotopic (exact) mass is 241 g/mol. The van der Waals surface area contributed by atoms with Crippen molar-refractivity contribution in [3.8, 4) is 0 Å². The number of halogens is 1. The molecule has 17 heavy (non-hydrogen) atoms. The topological polar surface area (TPSA) is 63.9 Å². The van der Waals surface area contributed by atoms with Gasteiger partial charge in [0.25, 0.3) is 0 Å². The van der Waals surface area contributed by atoms with E-state index in [-0.39, 0.29) is 13.1 Å². The molecule has 0 amide bonds. The molecule has 1 aliphatic rings. The zero-order chi connectivity index (χ0) is 12.6. The fourth-order valence-electron chi connectivity index (χ4n) is 2.11. The number of hydrogen-bond donors (Lipinski definition) is 3. The zero-order valence-electron chi connectivity index (χ0n) is 9.55. The summed E-state index contributed by atoms with van der Waals surface area (Å²) in [4.78, 5) is 1.75. The highest BCUT2D eigenvalue weighted by Gasteiger charge is 2.31. The summed E-state index contributed by atoms with van der Waals surface area (Å²) in [5.74, 6) is -0.412. The molecule has 3 N–H and O–H groups in total. The first-order valence-corrected chi connectivity index (χ1v) is 5.57. The fraction of sp³-hybridized carbons (Fsp3) is 0.500. The minimum Gasteiger partial charge on any atom is -0.389 e. The van der Waals surface area contributed by atoms with Crippen LogP contribution < -0.4 is 4.90 Å². The highest BCUT2D eigenvalue weighted by molar-refractivity contribution is 5.56. The fourth-order valence-corrected chi connectivity index (χ4v) is 2.11. The quantitative estimate of drug-likeness (QED) is 0.702. The molecule has 0 saturated carbocycles. The third-order valence-electron chi connectivity index (χ3n) is 3.04. The van der Waals surface area contributed by atoms with E-state index >= 15 is 0 Å². The number of benzene rings is 1. The average Bonchev–Trinajstić information content (AvgIpc) is 2.59. The van der Waals surface area contributed by atoms with Crippen molar-refractivity contribution in [2.45, 2.75) is 25.2 Å². The second kappa shape index (κ2) is 4.60. The van der Waals surface area contributed by atoms with E-state index in [0.717, 1.165) is 0 Å². The summed E-state index contributed by atoms with van der Waals surface area (Å²) in [6.45, 7) is 2.13. The normalized spacial score (nSPS) is 26.3. The zero-order valence-corrected chi connectivity index (χ0v) is 9.55. The molecule has 1 saturated heterocycles. The van der Waals surface area contributed by atoms with Gasteiger partial charge in [-0.1, -0.05) is 0 Å². The van der Waals surface area contributed by atoms with Gasteiger partial charge >= 0.3 is 0 Å². The maximum Gasteiger partial charge on any atom is 0.123 e. The van der Waals surface area contributed by atoms with Crippen molar-refractivity contribution in [3.05, 3.63) is 29.6 Å². The van der Waals surface area contributed by atoms with Gasteiger partial charge in [0.05, 0.1) is 18.3 Å². The van der Waals surface area contributed by atoms with Gasteiger partial charge in [-0.05, 0) is 25.1 Å². The third kappa shape index (κ3) is 2.41. The Morgan fingerprint density at radius 2 is 1.88 bits per heavy atom. The van der Waals surface area contributed by atoms with Crippen LogP contribution in [0.4, 0.5) is 10.1 Å². The Morgan fingerprint density at radius 3 is 2.41 bits per heavy atom. The molecule has 1 aromatic rings. The van der Waals surface area contributed by atoms with Crippen LogP contribution in [-0.2, 0) is 0 Å². The second-order valence-electron chi connectivity index (χ2n) is 4.42. The van der Waals surface area contributed by atoms with Crippen molar-refractivity contribution in [2.75, 3.05) is 18.0 Å². The molecule has 2 rings (SSSR count). The third-order valence-corrected chi connectivity index (χ3v) is 3.04. The first-order chi connectivity index (χ1) is 7.99. The van der Waals surface area contributed by atoms with E-state index in [1.54, 1.807) is 17.9 Å². The Morgan fingerprint density at radius 1 is 1.29 bits per heavy atom. The number of anilines is 1. The first kappa shape index (κ1) is 12.3. The largest absolute Gasteiger partial charge is 0.389 e. The molecule has 0 bridgehead atoms. The van der Waals surface area contributed by atoms with Crippen molar-refractivity contribution >= 4 is 5.69 Å². The van der Waals surface area contributed by atoms with E-state index in [4.69, 9.17) is 0 Å². The Labute approximate surface area is 98.9 Å². The van der Waals surface area contributed by atoms with Crippen LogP contribution in [0.15, 0.2) is 18.2 Å². The van der Waals surface area contributed by atoms with Crippen LogP contribution in [0.5, 0.6) is 0 Å². The molecule has 1 heterocycles. The molecule has 94 valence electrons. The van der Waals surface area contributed by atoms with Gasteiger partial charge in [-0.2, -0.15) is 0 Å². The minimum atomic E-state index is -0.804. The number of nitrogens with zero attached hydrogens (tertiary/aromatic N) is 1. The molecular weight excluding hydrogens is 225 g/mol. The van der Waals surface area contributed by atoms with Gasteiger partial charge < -0.3 is 20.2 Å². The standard InChI is InChI=1S/C12H16FNO3/c1-7(15)9-4-8(13)2-3-10(9)14-5-11(16)12(17)6-14/h2-4,7,11-12,15-17H,5-6H2,1H3. The van der Waals surface area contributed by atoms with Crippen molar-refractivity contribution in [2.24, 2.45) is 0 Å². The maximum atomic E-state index is 13.1. The molecule has 0 radical (unpaired) electrons. The van der Waals surface area contributed by atoms with Crippen LogP contribution in [-0.4, -0.2) is 40.6 Å². The predicted molar refractivity (Wildman–Crippen MR) is 61.3 cm³/mol. The van der Waals surface area contributed by atoms with Gasteiger partial charge in [-0.15, -0.1) is 0 Å². The molecule has 1 aromatic carbocycles. The lowest BCUT2D eigenvalue weighted by Gasteiger charge is -2.22. The van der Waals surface area contributed by atoms with Gasteiger partial charge in [0.15, 0.2) is 0 Å². The first-order valence-electron chi connectivity index (χ1n) is 5.57. The summed E-state index contributed by atoms with van der Waals surface area (Å²) < 4.78 is 13.1. The lowest BCUT2D eigenvalue weighted by Crippen LogP contribution is -2.23. The van der Waals surface area contributed by atoms with Crippen molar-refractivity contribution in [1.29, 1.82) is 0 Å². The lowest BCUT2D eigenvalue weighted by molar-refractivity contribution is 0.0572. The second-order valence-corrected chi connectivity index (χ2v) is 4.42. The predicted octanol–water partition coefficient (Wildman–Crippen LogP) is 0.421. The number of aliphatic hydroxyl groups is 3. The highest BCUT2D eigenvalue weighted by atomic mass is 19.1. The Kier molecular flexibility index (Phi) is 3.33. The van der Waals surface area contributed by atoms with Crippen LogP contribution >= 0.6 is 0 Å². The molecule has 0 spiro atoms. The summed E-state index contributed by atoms with van der Waals surface area (Å²) in [6, 6.07) is 4.14. The Bertz CT molecular complexity index is 401. The van der Waals surface area contributed by atoms with E-state index < -0.39 is 24.1 Å². The maximum absolute atomic E-state index is 13.1. The number of aliphatic hydroxyl groups excluding tert-OH is 3. The molecule has 3 atom stereocenters. The summed E-state index contributed by atoms with van der Waals surface area (Å²) in [7, 11) is 0. The Balaban J connectivity index is 2.32. The summed E-state index contributed by atoms with van der Waals surface area (Å²) in [5.41, 5.74) is 1.11. The van der Waals surface area contributed by atoms with E-state index in [1.165, 1.54) is 12.1 Å². The van der Waals surface area contributed by atoms with Gasteiger partial charge in [0.2, 0.25) is 0 Å². The smallest absolute Gasteiger partial charge is 0.123 e. The van der Waals surface area contributed by atoms with E-state index in [0.29, 0.717) is 11.3 Å². The lowest BCUT2D eigenvalue weighted by atomic mass is 10.1. The average molecular weight is 241 g/mol. The SMILES string of the molecule is CC(O)c1cc(F)ccc1N1CC(O)C(O)C1.